The number of pyridine rings is 1. The highest BCUT2D eigenvalue weighted by molar-refractivity contribution is 7.09. The van der Waals surface area contributed by atoms with Crippen LogP contribution in [0.2, 0.25) is 0 Å². The number of carbonyl (C=O) groups excluding carboxylic acids is 1. The van der Waals surface area contributed by atoms with Crippen molar-refractivity contribution in [2.45, 2.75) is 19.3 Å². The van der Waals surface area contributed by atoms with Gasteiger partial charge in [-0.25, -0.2) is 4.98 Å². The smallest absolute Gasteiger partial charge is 0.230 e. The van der Waals surface area contributed by atoms with Crippen LogP contribution in [0.15, 0.2) is 48.0 Å². The number of hydrogen-bond donors (Lipinski definition) is 1. The maximum absolute atomic E-state index is 12.3. The van der Waals surface area contributed by atoms with Crippen molar-refractivity contribution in [3.05, 3.63) is 64.4 Å². The number of amides is 1. The van der Waals surface area contributed by atoms with Crippen LogP contribution in [0.5, 0.6) is 11.5 Å². The Morgan fingerprint density at radius 1 is 1.07 bits per heavy atom. The van der Waals surface area contributed by atoms with Crippen LogP contribution in [0.4, 0.5) is 5.69 Å². The summed E-state index contributed by atoms with van der Waals surface area (Å²) in [6.45, 7) is 1.07. The van der Waals surface area contributed by atoms with E-state index in [0.717, 1.165) is 29.2 Å². The van der Waals surface area contributed by atoms with Crippen LogP contribution < -0.4 is 14.8 Å². The summed E-state index contributed by atoms with van der Waals surface area (Å²) >= 11 is 1.58. The molecule has 0 unspecified atom stereocenters. The highest BCUT2D eigenvalue weighted by atomic mass is 32.1. The van der Waals surface area contributed by atoms with E-state index in [0.29, 0.717) is 30.4 Å². The fourth-order valence-electron chi connectivity index (χ4n) is 2.82. The molecule has 0 atom stereocenters. The van der Waals surface area contributed by atoms with Crippen LogP contribution in [0.3, 0.4) is 0 Å². The van der Waals surface area contributed by atoms with Crippen LogP contribution in [-0.2, 0) is 24.1 Å². The van der Waals surface area contributed by atoms with Gasteiger partial charge in [0.1, 0.15) is 13.2 Å². The molecule has 1 aliphatic rings. The van der Waals surface area contributed by atoms with E-state index in [1.165, 1.54) is 0 Å². The zero-order valence-electron chi connectivity index (χ0n) is 14.7. The number of fused-ring (bicyclic) bond motifs is 1. The summed E-state index contributed by atoms with van der Waals surface area (Å²) in [5, 5.41) is 5.85. The van der Waals surface area contributed by atoms with Gasteiger partial charge in [-0.05, 0) is 30.7 Å². The van der Waals surface area contributed by atoms with Gasteiger partial charge in [0.25, 0.3) is 0 Å². The average Bonchev–Trinajstić information content (AvgIpc) is 3.14. The third kappa shape index (κ3) is 4.62. The second-order valence-electron chi connectivity index (χ2n) is 6.14. The molecule has 7 heteroatoms. The summed E-state index contributed by atoms with van der Waals surface area (Å²) in [5.74, 6) is 1.26. The lowest BCUT2D eigenvalue weighted by atomic mass is 10.2. The maximum Gasteiger partial charge on any atom is 0.230 e. The van der Waals surface area contributed by atoms with E-state index in [2.05, 4.69) is 15.3 Å². The van der Waals surface area contributed by atoms with Crippen LogP contribution in [0.25, 0.3) is 0 Å². The normalized spacial score (nSPS) is 12.6. The molecule has 0 saturated heterocycles. The number of rotatable bonds is 6. The topological polar surface area (TPSA) is 73.3 Å². The first kappa shape index (κ1) is 17.5. The standard InChI is InChI=1S/C20H19N3O3S/c24-19(22-15-4-6-17-18(11-15)26-10-9-25-17)12-16-13-27-20(23-16)7-5-14-3-1-2-8-21-14/h1-4,6,8,11,13H,5,7,9-10,12H2,(H,22,24). The molecule has 6 nitrogen and oxygen atoms in total. The number of nitrogens with zero attached hydrogens (tertiary/aromatic N) is 2. The van der Waals surface area contributed by atoms with E-state index in [9.17, 15) is 4.79 Å². The average molecular weight is 381 g/mol. The Hall–Kier alpha value is -2.93. The van der Waals surface area contributed by atoms with E-state index < -0.39 is 0 Å². The lowest BCUT2D eigenvalue weighted by molar-refractivity contribution is -0.115. The summed E-state index contributed by atoms with van der Waals surface area (Å²) in [5.41, 5.74) is 2.52. The molecule has 27 heavy (non-hydrogen) atoms. The predicted molar refractivity (Wildman–Crippen MR) is 104 cm³/mol. The Bertz CT molecular complexity index is 927. The first-order valence-electron chi connectivity index (χ1n) is 8.79. The van der Waals surface area contributed by atoms with Crippen molar-refractivity contribution >= 4 is 22.9 Å². The molecule has 1 aromatic carbocycles. The van der Waals surface area contributed by atoms with E-state index in [1.807, 2.05) is 35.7 Å². The van der Waals surface area contributed by atoms with Crippen LogP contribution in [-0.4, -0.2) is 29.1 Å². The molecule has 0 fully saturated rings. The van der Waals surface area contributed by atoms with Gasteiger partial charge in [-0.2, -0.15) is 0 Å². The number of thiazole rings is 1. The molecule has 0 saturated carbocycles. The molecule has 0 aliphatic carbocycles. The second-order valence-corrected chi connectivity index (χ2v) is 7.08. The summed E-state index contributed by atoms with van der Waals surface area (Å²) in [6, 6.07) is 11.3. The van der Waals surface area contributed by atoms with Crippen molar-refractivity contribution in [1.82, 2.24) is 9.97 Å². The minimum atomic E-state index is -0.103. The Kier molecular flexibility index (Phi) is 5.29. The number of aryl methyl sites for hydroxylation is 2. The van der Waals surface area contributed by atoms with E-state index in [-0.39, 0.29) is 12.3 Å². The molecular formula is C20H19N3O3S. The monoisotopic (exact) mass is 381 g/mol. The van der Waals surface area contributed by atoms with Gasteiger partial charge >= 0.3 is 0 Å². The first-order valence-corrected chi connectivity index (χ1v) is 9.67. The number of ether oxygens (including phenoxy) is 2. The zero-order chi connectivity index (χ0) is 18.5. The quantitative estimate of drug-likeness (QED) is 0.709. The van der Waals surface area contributed by atoms with Gasteiger partial charge in [0.05, 0.1) is 17.1 Å². The van der Waals surface area contributed by atoms with Gasteiger partial charge in [-0.3, -0.25) is 9.78 Å². The molecule has 1 aliphatic heterocycles. The molecule has 138 valence electrons. The predicted octanol–water partition coefficient (Wildman–Crippen LogP) is 3.28. The third-order valence-corrected chi connectivity index (χ3v) is 5.05. The molecular weight excluding hydrogens is 362 g/mol. The fraction of sp³-hybridized carbons (Fsp3) is 0.250. The summed E-state index contributed by atoms with van der Waals surface area (Å²) in [7, 11) is 0. The first-order chi connectivity index (χ1) is 13.3. The summed E-state index contributed by atoms with van der Waals surface area (Å²) in [6.07, 6.45) is 3.71. The highest BCUT2D eigenvalue weighted by Crippen LogP contribution is 2.32. The molecule has 1 amide bonds. The van der Waals surface area contributed by atoms with Crippen molar-refractivity contribution in [3.63, 3.8) is 0 Å². The zero-order valence-corrected chi connectivity index (χ0v) is 15.5. The van der Waals surface area contributed by atoms with Crippen LogP contribution in [0.1, 0.15) is 16.4 Å². The van der Waals surface area contributed by atoms with E-state index in [1.54, 1.807) is 23.6 Å². The Morgan fingerprint density at radius 3 is 2.81 bits per heavy atom. The van der Waals surface area contributed by atoms with Crippen molar-refractivity contribution in [2.24, 2.45) is 0 Å². The maximum atomic E-state index is 12.3. The van der Waals surface area contributed by atoms with Crippen molar-refractivity contribution in [3.8, 4) is 11.5 Å². The van der Waals surface area contributed by atoms with Crippen LogP contribution >= 0.6 is 11.3 Å². The van der Waals surface area contributed by atoms with E-state index in [4.69, 9.17) is 9.47 Å². The van der Waals surface area contributed by atoms with Gasteiger partial charge in [0.15, 0.2) is 11.5 Å². The number of benzene rings is 1. The molecule has 2 aromatic heterocycles. The summed E-state index contributed by atoms with van der Waals surface area (Å²) < 4.78 is 11.0. The van der Waals surface area contributed by atoms with Crippen molar-refractivity contribution in [1.29, 1.82) is 0 Å². The van der Waals surface area contributed by atoms with Gasteiger partial charge in [-0.15, -0.1) is 11.3 Å². The number of nitrogens with one attached hydrogen (secondary N) is 1. The van der Waals surface area contributed by atoms with Crippen molar-refractivity contribution < 1.29 is 14.3 Å². The molecule has 3 aromatic rings. The SMILES string of the molecule is O=C(Cc1csc(CCc2ccccn2)n1)Nc1ccc2c(c1)OCCO2. The van der Waals surface area contributed by atoms with Gasteiger partial charge in [0.2, 0.25) is 5.91 Å². The minimum Gasteiger partial charge on any atom is -0.486 e. The molecule has 0 radical (unpaired) electrons. The third-order valence-electron chi connectivity index (χ3n) is 4.09. The Labute approximate surface area is 161 Å². The number of hydrogen-bond acceptors (Lipinski definition) is 6. The van der Waals surface area contributed by atoms with Gasteiger partial charge in [-0.1, -0.05) is 6.07 Å². The molecule has 3 heterocycles. The number of aromatic nitrogens is 2. The fourth-order valence-corrected chi connectivity index (χ4v) is 3.61. The Balaban J connectivity index is 1.31. The lowest BCUT2D eigenvalue weighted by Crippen LogP contribution is -2.17. The molecule has 0 spiro atoms. The number of carbonyl (C=O) groups is 1. The molecule has 4 rings (SSSR count). The van der Waals surface area contributed by atoms with Crippen molar-refractivity contribution in [2.75, 3.05) is 18.5 Å². The van der Waals surface area contributed by atoms with Gasteiger partial charge in [0, 0.05) is 35.4 Å². The minimum absolute atomic E-state index is 0.103. The molecule has 1 N–H and O–H groups in total. The largest absolute Gasteiger partial charge is 0.486 e. The van der Waals surface area contributed by atoms with Crippen LogP contribution in [0, 0.1) is 0 Å². The Morgan fingerprint density at radius 2 is 1.96 bits per heavy atom. The summed E-state index contributed by atoms with van der Waals surface area (Å²) in [4.78, 5) is 21.2. The molecule has 0 bridgehead atoms. The lowest BCUT2D eigenvalue weighted by Gasteiger charge is -2.18. The van der Waals surface area contributed by atoms with Gasteiger partial charge < -0.3 is 14.8 Å². The van der Waals surface area contributed by atoms with E-state index >= 15 is 0 Å². The number of anilines is 1. The highest BCUT2D eigenvalue weighted by Gasteiger charge is 2.13. The second kappa shape index (κ2) is 8.18.